The molecular weight excluding hydrogens is 264 g/mol. The van der Waals surface area contributed by atoms with Crippen molar-refractivity contribution in [2.24, 2.45) is 10.7 Å². The maximum atomic E-state index is 11.8. The molecule has 0 spiro atoms. The van der Waals surface area contributed by atoms with Crippen molar-refractivity contribution in [1.82, 2.24) is 10.6 Å². The fourth-order valence-electron chi connectivity index (χ4n) is 1.71. The van der Waals surface area contributed by atoms with Crippen LogP contribution < -0.4 is 16.4 Å². The third-order valence-corrected chi connectivity index (χ3v) is 2.51. The van der Waals surface area contributed by atoms with Gasteiger partial charge >= 0.3 is 11.9 Å². The van der Waals surface area contributed by atoms with E-state index in [2.05, 4.69) is 15.6 Å². The van der Waals surface area contributed by atoms with Crippen LogP contribution in [0.1, 0.15) is 33.6 Å². The van der Waals surface area contributed by atoms with E-state index in [0.29, 0.717) is 0 Å². The van der Waals surface area contributed by atoms with Crippen molar-refractivity contribution in [2.45, 2.75) is 51.4 Å². The first kappa shape index (κ1) is 16.2. The SMILES string of the molecule is CC(C)(C)OC(=O)C(NC(N)=NC1CCCN1)C(=O)O. The van der Waals surface area contributed by atoms with Crippen molar-refractivity contribution in [1.29, 1.82) is 0 Å². The molecule has 0 aromatic heterocycles. The van der Waals surface area contributed by atoms with Crippen LogP contribution in [0.25, 0.3) is 0 Å². The minimum absolute atomic E-state index is 0.0948. The summed E-state index contributed by atoms with van der Waals surface area (Å²) in [6.07, 6.45) is 1.66. The van der Waals surface area contributed by atoms with Gasteiger partial charge in [0.15, 0.2) is 5.96 Å². The Hall–Kier alpha value is -1.83. The molecule has 2 unspecified atom stereocenters. The quantitative estimate of drug-likeness (QED) is 0.235. The summed E-state index contributed by atoms with van der Waals surface area (Å²) in [6, 6.07) is -1.57. The van der Waals surface area contributed by atoms with Crippen molar-refractivity contribution in [3.63, 3.8) is 0 Å². The van der Waals surface area contributed by atoms with Crippen LogP contribution >= 0.6 is 0 Å². The molecule has 0 radical (unpaired) electrons. The van der Waals surface area contributed by atoms with Gasteiger partial charge < -0.3 is 20.9 Å². The normalized spacial score (nSPS) is 21.4. The molecule has 2 atom stereocenters. The first-order valence-electron chi connectivity index (χ1n) is 6.48. The second-order valence-electron chi connectivity index (χ2n) is 5.58. The second kappa shape index (κ2) is 6.56. The molecule has 0 bridgehead atoms. The maximum Gasteiger partial charge on any atom is 0.340 e. The molecule has 0 saturated carbocycles. The number of nitrogens with zero attached hydrogens (tertiary/aromatic N) is 1. The molecule has 0 aromatic carbocycles. The van der Waals surface area contributed by atoms with Gasteiger partial charge in [0.2, 0.25) is 6.04 Å². The zero-order chi connectivity index (χ0) is 15.3. The molecule has 8 nitrogen and oxygen atoms in total. The Kier molecular flexibility index (Phi) is 5.32. The number of ether oxygens (including phenoxy) is 1. The highest BCUT2D eigenvalue weighted by molar-refractivity contribution is 6.02. The number of hydrogen-bond acceptors (Lipinski definition) is 5. The van der Waals surface area contributed by atoms with E-state index < -0.39 is 23.6 Å². The molecule has 1 heterocycles. The molecule has 1 rings (SSSR count). The number of aliphatic imine (C=N–C) groups is 1. The van der Waals surface area contributed by atoms with Gasteiger partial charge in [0.05, 0.1) is 0 Å². The largest absolute Gasteiger partial charge is 0.479 e. The third-order valence-electron chi connectivity index (χ3n) is 2.51. The summed E-state index contributed by atoms with van der Waals surface area (Å²) in [7, 11) is 0. The summed E-state index contributed by atoms with van der Waals surface area (Å²) in [5, 5.41) is 14.5. The van der Waals surface area contributed by atoms with E-state index >= 15 is 0 Å². The second-order valence-corrected chi connectivity index (χ2v) is 5.58. The van der Waals surface area contributed by atoms with Gasteiger partial charge in [-0.2, -0.15) is 0 Å². The Morgan fingerprint density at radius 2 is 2.15 bits per heavy atom. The van der Waals surface area contributed by atoms with E-state index in [-0.39, 0.29) is 12.1 Å². The lowest BCUT2D eigenvalue weighted by molar-refractivity contribution is -0.162. The third kappa shape index (κ3) is 5.43. The van der Waals surface area contributed by atoms with Gasteiger partial charge in [0.1, 0.15) is 11.8 Å². The number of nitrogens with two attached hydrogens (primary N) is 1. The van der Waals surface area contributed by atoms with Gasteiger partial charge in [0, 0.05) is 0 Å². The Labute approximate surface area is 117 Å². The average molecular weight is 286 g/mol. The number of carboxylic acid groups (broad SMARTS) is 1. The summed E-state index contributed by atoms with van der Waals surface area (Å²) in [4.78, 5) is 27.0. The molecule has 1 saturated heterocycles. The summed E-state index contributed by atoms with van der Waals surface area (Å²) < 4.78 is 5.02. The topological polar surface area (TPSA) is 126 Å². The lowest BCUT2D eigenvalue weighted by Gasteiger charge is -2.23. The summed E-state index contributed by atoms with van der Waals surface area (Å²) >= 11 is 0. The number of guanidine groups is 1. The van der Waals surface area contributed by atoms with Crippen molar-refractivity contribution >= 4 is 17.9 Å². The van der Waals surface area contributed by atoms with Gasteiger partial charge in [-0.25, -0.2) is 14.6 Å². The predicted molar refractivity (Wildman–Crippen MR) is 73.1 cm³/mol. The molecule has 1 aliphatic heterocycles. The van der Waals surface area contributed by atoms with Crippen LogP contribution in [0.3, 0.4) is 0 Å². The Balaban J connectivity index is 2.66. The monoisotopic (exact) mass is 286 g/mol. The number of carboxylic acids is 1. The molecule has 1 fully saturated rings. The maximum absolute atomic E-state index is 11.8. The van der Waals surface area contributed by atoms with Crippen molar-refractivity contribution in [3.8, 4) is 0 Å². The molecule has 0 amide bonds. The lowest BCUT2D eigenvalue weighted by Crippen LogP contribution is -2.51. The Morgan fingerprint density at radius 3 is 2.60 bits per heavy atom. The molecule has 1 aliphatic rings. The van der Waals surface area contributed by atoms with Crippen LogP contribution in [-0.2, 0) is 14.3 Å². The van der Waals surface area contributed by atoms with Crippen LogP contribution in [0, 0.1) is 0 Å². The molecular formula is C12H22N4O4. The molecule has 20 heavy (non-hydrogen) atoms. The Bertz CT molecular complexity index is 397. The highest BCUT2D eigenvalue weighted by atomic mass is 16.6. The van der Waals surface area contributed by atoms with Gasteiger partial charge in [-0.3, -0.25) is 5.32 Å². The molecule has 0 aliphatic carbocycles. The molecule has 8 heteroatoms. The van der Waals surface area contributed by atoms with Crippen LogP contribution in [0.4, 0.5) is 0 Å². The summed E-state index contributed by atoms with van der Waals surface area (Å²) in [5.41, 5.74) is 4.85. The lowest BCUT2D eigenvalue weighted by atomic mass is 10.2. The minimum atomic E-state index is -1.57. The van der Waals surface area contributed by atoms with Gasteiger partial charge in [-0.15, -0.1) is 0 Å². The Morgan fingerprint density at radius 1 is 1.50 bits per heavy atom. The predicted octanol–water partition coefficient (Wildman–Crippen LogP) is -0.605. The number of rotatable bonds is 4. The first-order valence-corrected chi connectivity index (χ1v) is 6.48. The van der Waals surface area contributed by atoms with Crippen molar-refractivity contribution in [3.05, 3.63) is 0 Å². The van der Waals surface area contributed by atoms with Crippen molar-refractivity contribution < 1.29 is 19.4 Å². The number of aliphatic carboxylic acids is 1. The van der Waals surface area contributed by atoms with Crippen LogP contribution in [-0.4, -0.2) is 47.4 Å². The standard InChI is InChI=1S/C12H22N4O4/c1-12(2,3)20-10(19)8(9(17)18)16-11(13)15-7-5-4-6-14-7/h7-8,14H,4-6H2,1-3H3,(H,17,18)(H3,13,15,16). The zero-order valence-corrected chi connectivity index (χ0v) is 12.0. The molecule has 0 aromatic rings. The van der Waals surface area contributed by atoms with Gasteiger partial charge in [-0.1, -0.05) is 0 Å². The number of nitrogens with one attached hydrogen (secondary N) is 2. The highest BCUT2D eigenvalue weighted by Crippen LogP contribution is 2.09. The zero-order valence-electron chi connectivity index (χ0n) is 12.0. The number of hydrogen-bond donors (Lipinski definition) is 4. The number of esters is 1. The smallest absolute Gasteiger partial charge is 0.340 e. The minimum Gasteiger partial charge on any atom is -0.479 e. The van der Waals surface area contributed by atoms with E-state index in [9.17, 15) is 9.59 Å². The van der Waals surface area contributed by atoms with Crippen molar-refractivity contribution in [2.75, 3.05) is 6.54 Å². The highest BCUT2D eigenvalue weighted by Gasteiger charge is 2.31. The van der Waals surface area contributed by atoms with E-state index in [1.165, 1.54) is 0 Å². The van der Waals surface area contributed by atoms with E-state index in [1.807, 2.05) is 0 Å². The summed E-state index contributed by atoms with van der Waals surface area (Å²) in [5.74, 6) is -2.36. The first-order chi connectivity index (χ1) is 9.19. The van der Waals surface area contributed by atoms with E-state index in [4.69, 9.17) is 15.6 Å². The number of carbonyl (C=O) groups excluding carboxylic acids is 1. The fraction of sp³-hybridized carbons (Fsp3) is 0.750. The van der Waals surface area contributed by atoms with Gasteiger partial charge in [0.25, 0.3) is 0 Å². The summed E-state index contributed by atoms with van der Waals surface area (Å²) in [6.45, 7) is 5.81. The van der Waals surface area contributed by atoms with E-state index in [0.717, 1.165) is 19.4 Å². The molecule has 114 valence electrons. The van der Waals surface area contributed by atoms with Crippen LogP contribution in [0.15, 0.2) is 4.99 Å². The number of carbonyl (C=O) groups is 2. The molecule has 5 N–H and O–H groups in total. The van der Waals surface area contributed by atoms with Crippen LogP contribution in [0.5, 0.6) is 0 Å². The van der Waals surface area contributed by atoms with E-state index in [1.54, 1.807) is 20.8 Å². The van der Waals surface area contributed by atoms with Crippen LogP contribution in [0.2, 0.25) is 0 Å². The fourth-order valence-corrected chi connectivity index (χ4v) is 1.71. The average Bonchev–Trinajstić information content (AvgIpc) is 2.75. The van der Waals surface area contributed by atoms with Gasteiger partial charge in [-0.05, 0) is 40.2 Å².